The molecule has 0 aliphatic carbocycles. The lowest BCUT2D eigenvalue weighted by molar-refractivity contribution is 0.507. The molecule has 1 rings (SSSR count). The Balaban J connectivity index is 0. The van der Waals surface area contributed by atoms with Gasteiger partial charge in [-0.1, -0.05) is 59.1 Å². The van der Waals surface area contributed by atoms with Gasteiger partial charge >= 0.3 is 0 Å². The summed E-state index contributed by atoms with van der Waals surface area (Å²) in [5.41, 5.74) is 1.05. The molecule has 2 heteroatoms. The van der Waals surface area contributed by atoms with E-state index >= 15 is 0 Å². The van der Waals surface area contributed by atoms with Crippen LogP contribution < -0.4 is 0 Å². The molecule has 16 heavy (non-hydrogen) atoms. The van der Waals surface area contributed by atoms with Crippen molar-refractivity contribution in [3.8, 4) is 0 Å². The Morgan fingerprint density at radius 2 is 1.94 bits per heavy atom. The number of hydrogen-bond acceptors (Lipinski definition) is 2. The van der Waals surface area contributed by atoms with Crippen molar-refractivity contribution in [3.05, 3.63) is 55.3 Å². The fourth-order valence-electron chi connectivity index (χ4n) is 0.865. The van der Waals surface area contributed by atoms with Gasteiger partial charge in [-0.05, 0) is 5.57 Å². The molecule has 2 nitrogen and oxygen atoms in total. The first-order chi connectivity index (χ1) is 7.86. The van der Waals surface area contributed by atoms with E-state index in [0.717, 1.165) is 5.57 Å². The predicted molar refractivity (Wildman–Crippen MR) is 71.4 cm³/mol. The first-order valence-electron chi connectivity index (χ1n) is 5.69. The van der Waals surface area contributed by atoms with Gasteiger partial charge < -0.3 is 4.42 Å². The quantitative estimate of drug-likeness (QED) is 0.696. The van der Waals surface area contributed by atoms with Gasteiger partial charge in [-0.25, -0.2) is 4.98 Å². The molecular formula is C14H23NO. The van der Waals surface area contributed by atoms with E-state index in [1.165, 1.54) is 0 Å². The van der Waals surface area contributed by atoms with E-state index in [0.29, 0.717) is 12.3 Å². The van der Waals surface area contributed by atoms with Crippen molar-refractivity contribution in [2.75, 3.05) is 0 Å². The Hall–Kier alpha value is -1.57. The van der Waals surface area contributed by atoms with Crippen LogP contribution in [0.25, 0.3) is 0 Å². The molecule has 0 aliphatic heterocycles. The van der Waals surface area contributed by atoms with Crippen LogP contribution in [0.15, 0.2) is 53.8 Å². The molecule has 0 saturated heterocycles. The highest BCUT2D eigenvalue weighted by Crippen LogP contribution is 2.06. The molecule has 0 spiro atoms. The SMILES string of the molecule is C=C/C=C(\C=C)Cc1ncco1.CC.CC. The number of nitrogens with zero attached hydrogens (tertiary/aromatic N) is 1. The standard InChI is InChI=1S/C10H11NO.2C2H6/c1-3-5-9(4-2)8-10-11-6-7-12-10;2*1-2/h3-7H,1-2,8H2;2*1-2H3/b9-5+;;. The van der Waals surface area contributed by atoms with Crippen LogP contribution in [0.3, 0.4) is 0 Å². The lowest BCUT2D eigenvalue weighted by Crippen LogP contribution is -1.86. The van der Waals surface area contributed by atoms with Crippen LogP contribution in [0.5, 0.6) is 0 Å². The van der Waals surface area contributed by atoms with Crippen LogP contribution in [-0.4, -0.2) is 4.98 Å². The van der Waals surface area contributed by atoms with Gasteiger partial charge in [0.05, 0.1) is 6.20 Å². The maximum atomic E-state index is 5.08. The summed E-state index contributed by atoms with van der Waals surface area (Å²) in [4.78, 5) is 4.00. The molecule has 0 atom stereocenters. The summed E-state index contributed by atoms with van der Waals surface area (Å²) in [6.07, 6.45) is 9.24. The van der Waals surface area contributed by atoms with E-state index in [9.17, 15) is 0 Å². The van der Waals surface area contributed by atoms with Crippen molar-refractivity contribution in [3.63, 3.8) is 0 Å². The van der Waals surface area contributed by atoms with E-state index in [4.69, 9.17) is 4.42 Å². The average Bonchev–Trinajstić information content (AvgIpc) is 2.86. The Kier molecular flexibility index (Phi) is 14.1. The second kappa shape index (κ2) is 13.4. The van der Waals surface area contributed by atoms with Crippen LogP contribution in [0, 0.1) is 0 Å². The van der Waals surface area contributed by atoms with E-state index < -0.39 is 0 Å². The first-order valence-corrected chi connectivity index (χ1v) is 5.69. The molecule has 0 aromatic carbocycles. The van der Waals surface area contributed by atoms with E-state index in [2.05, 4.69) is 18.1 Å². The summed E-state index contributed by atoms with van der Waals surface area (Å²) in [6.45, 7) is 15.3. The lowest BCUT2D eigenvalue weighted by atomic mass is 10.2. The summed E-state index contributed by atoms with van der Waals surface area (Å²) in [5.74, 6) is 0.697. The summed E-state index contributed by atoms with van der Waals surface area (Å²) in [5, 5.41) is 0. The van der Waals surface area contributed by atoms with Crippen LogP contribution in [0.1, 0.15) is 33.6 Å². The van der Waals surface area contributed by atoms with Crippen molar-refractivity contribution < 1.29 is 4.42 Å². The van der Waals surface area contributed by atoms with Gasteiger partial charge in [-0.15, -0.1) is 0 Å². The first kappa shape index (κ1) is 16.8. The molecule has 0 amide bonds. The topological polar surface area (TPSA) is 26.0 Å². The third-order valence-corrected chi connectivity index (χ3v) is 1.43. The van der Waals surface area contributed by atoms with Crippen LogP contribution in [0.2, 0.25) is 0 Å². The number of hydrogen-bond donors (Lipinski definition) is 0. The van der Waals surface area contributed by atoms with Crippen molar-refractivity contribution in [1.82, 2.24) is 4.98 Å². The van der Waals surface area contributed by atoms with E-state index in [1.807, 2.05) is 33.8 Å². The Labute approximate surface area is 99.4 Å². The average molecular weight is 221 g/mol. The molecule has 1 heterocycles. The smallest absolute Gasteiger partial charge is 0.198 e. The zero-order valence-corrected chi connectivity index (χ0v) is 10.9. The predicted octanol–water partition coefficient (Wildman–Crippen LogP) is 4.57. The summed E-state index contributed by atoms with van der Waals surface area (Å²) in [6, 6.07) is 0. The third-order valence-electron chi connectivity index (χ3n) is 1.43. The fraction of sp³-hybridized carbons (Fsp3) is 0.357. The molecule has 0 unspecified atom stereocenters. The Morgan fingerprint density at radius 3 is 2.31 bits per heavy atom. The molecule has 0 saturated carbocycles. The maximum Gasteiger partial charge on any atom is 0.198 e. The minimum absolute atomic E-state index is 0.669. The number of oxazole rings is 1. The number of aromatic nitrogens is 1. The summed E-state index contributed by atoms with van der Waals surface area (Å²) in [7, 11) is 0. The second-order valence-corrected chi connectivity index (χ2v) is 2.28. The van der Waals surface area contributed by atoms with Crippen LogP contribution in [-0.2, 0) is 6.42 Å². The molecule has 0 aliphatic rings. The van der Waals surface area contributed by atoms with Gasteiger partial charge in [0, 0.05) is 6.42 Å². The maximum absolute atomic E-state index is 5.08. The Morgan fingerprint density at radius 1 is 1.31 bits per heavy atom. The molecular weight excluding hydrogens is 198 g/mol. The van der Waals surface area contributed by atoms with Crippen molar-refractivity contribution in [2.45, 2.75) is 34.1 Å². The van der Waals surface area contributed by atoms with Crippen LogP contribution in [0.4, 0.5) is 0 Å². The van der Waals surface area contributed by atoms with Gasteiger partial charge in [0.15, 0.2) is 5.89 Å². The van der Waals surface area contributed by atoms with Gasteiger partial charge in [0.25, 0.3) is 0 Å². The van der Waals surface area contributed by atoms with E-state index in [1.54, 1.807) is 24.6 Å². The Bertz CT molecular complexity index is 284. The normalized spacial score (nSPS) is 9.12. The van der Waals surface area contributed by atoms with Gasteiger partial charge in [-0.2, -0.15) is 0 Å². The largest absolute Gasteiger partial charge is 0.449 e. The zero-order valence-electron chi connectivity index (χ0n) is 10.9. The van der Waals surface area contributed by atoms with Crippen molar-refractivity contribution in [1.29, 1.82) is 0 Å². The van der Waals surface area contributed by atoms with Gasteiger partial charge in [0.1, 0.15) is 6.26 Å². The summed E-state index contributed by atoms with van der Waals surface area (Å²) < 4.78 is 5.08. The molecule has 90 valence electrons. The highest BCUT2D eigenvalue weighted by Gasteiger charge is 1.98. The van der Waals surface area contributed by atoms with Crippen molar-refractivity contribution >= 4 is 0 Å². The lowest BCUT2D eigenvalue weighted by Gasteiger charge is -1.94. The molecule has 1 aromatic rings. The fourth-order valence-corrected chi connectivity index (χ4v) is 0.865. The molecule has 0 bridgehead atoms. The molecule has 1 aromatic heterocycles. The number of allylic oxidation sites excluding steroid dienone is 4. The van der Waals surface area contributed by atoms with Gasteiger partial charge in [0.2, 0.25) is 0 Å². The number of rotatable bonds is 4. The van der Waals surface area contributed by atoms with E-state index in [-0.39, 0.29) is 0 Å². The molecule has 0 radical (unpaired) electrons. The zero-order chi connectivity index (χ0) is 12.8. The molecule has 0 N–H and O–H groups in total. The minimum atomic E-state index is 0.669. The van der Waals surface area contributed by atoms with Gasteiger partial charge in [-0.3, -0.25) is 0 Å². The van der Waals surface area contributed by atoms with Crippen LogP contribution >= 0.6 is 0 Å². The van der Waals surface area contributed by atoms with Crippen molar-refractivity contribution in [2.24, 2.45) is 0 Å². The highest BCUT2D eigenvalue weighted by atomic mass is 16.3. The minimum Gasteiger partial charge on any atom is -0.449 e. The summed E-state index contributed by atoms with van der Waals surface area (Å²) >= 11 is 0. The monoisotopic (exact) mass is 221 g/mol. The third kappa shape index (κ3) is 7.80. The second-order valence-electron chi connectivity index (χ2n) is 2.28. The molecule has 0 fully saturated rings. The highest BCUT2D eigenvalue weighted by molar-refractivity contribution is 5.23.